The van der Waals surface area contributed by atoms with Gasteiger partial charge in [0.05, 0.1) is 18.2 Å². The maximum atomic E-state index is 12.5. The van der Waals surface area contributed by atoms with Crippen LogP contribution in [0.25, 0.3) is 0 Å². The molecule has 1 saturated heterocycles. The Labute approximate surface area is 210 Å². The van der Waals surface area contributed by atoms with Gasteiger partial charge in [0.2, 0.25) is 11.8 Å². The number of thioether (sulfide) groups is 1. The number of hydrogen-bond donors (Lipinski definition) is 2. The molecule has 1 unspecified atom stereocenters. The number of aliphatic hydroxyl groups is 1. The van der Waals surface area contributed by atoms with Crippen LogP contribution in [0, 0.1) is 5.92 Å². The quantitative estimate of drug-likeness (QED) is 0.259. The molecule has 2 N–H and O–H groups in total. The molecule has 2 aliphatic rings. The summed E-state index contributed by atoms with van der Waals surface area (Å²) in [5, 5.41) is 21.1. The zero-order valence-corrected chi connectivity index (χ0v) is 22.0. The number of azo groups is 1. The zero-order chi connectivity index (χ0) is 24.4. The van der Waals surface area contributed by atoms with Gasteiger partial charge in [0.1, 0.15) is 6.04 Å². The summed E-state index contributed by atoms with van der Waals surface area (Å²) in [4.78, 5) is 26.7. The highest BCUT2D eigenvalue weighted by Gasteiger charge is 2.29. The lowest BCUT2D eigenvalue weighted by Crippen LogP contribution is -2.38. The standard InChI is InChI=1S/C26H46N4O3S/c1-34-19-13-14-22-20-24(29-28-22)23(21-31)26(33)27-16-10-7-5-3-2-4-6-9-15-25(32)30-17-11-8-12-18-30/h20,23-24,31H,2-19,21H2,1H3,(H,27,33)/t23-,24?/m1/s1. The third-order valence-corrected chi connectivity index (χ3v) is 7.43. The molecule has 0 bridgehead atoms. The molecule has 0 aromatic rings. The summed E-state index contributed by atoms with van der Waals surface area (Å²) in [6.07, 6.45) is 19.3. The molecule has 2 heterocycles. The van der Waals surface area contributed by atoms with Crippen molar-refractivity contribution in [3.05, 3.63) is 11.8 Å². The molecule has 0 aromatic heterocycles. The number of carbonyl (C=O) groups excluding carboxylic acids is 2. The Morgan fingerprint density at radius 2 is 1.74 bits per heavy atom. The van der Waals surface area contributed by atoms with Gasteiger partial charge in [0.15, 0.2) is 0 Å². The first kappa shape index (κ1) is 28.8. The van der Waals surface area contributed by atoms with Crippen molar-refractivity contribution in [2.24, 2.45) is 16.1 Å². The molecule has 1 fully saturated rings. The van der Waals surface area contributed by atoms with Crippen LogP contribution >= 0.6 is 11.8 Å². The topological polar surface area (TPSA) is 94.4 Å². The van der Waals surface area contributed by atoms with Gasteiger partial charge in [-0.15, -0.1) is 0 Å². The van der Waals surface area contributed by atoms with Crippen molar-refractivity contribution in [2.75, 3.05) is 38.2 Å². The lowest BCUT2D eigenvalue weighted by atomic mass is 9.99. The van der Waals surface area contributed by atoms with Gasteiger partial charge in [-0.3, -0.25) is 9.59 Å². The van der Waals surface area contributed by atoms with E-state index in [0.717, 1.165) is 63.1 Å². The van der Waals surface area contributed by atoms with Crippen LogP contribution in [0.5, 0.6) is 0 Å². The van der Waals surface area contributed by atoms with Gasteiger partial charge in [-0.05, 0) is 63.0 Å². The van der Waals surface area contributed by atoms with Gasteiger partial charge in [0.25, 0.3) is 0 Å². The second kappa shape index (κ2) is 17.9. The molecule has 7 nitrogen and oxygen atoms in total. The first-order chi connectivity index (χ1) is 16.7. The van der Waals surface area contributed by atoms with Crippen molar-refractivity contribution >= 4 is 23.6 Å². The van der Waals surface area contributed by atoms with Crippen LogP contribution in [-0.4, -0.2) is 66.1 Å². The lowest BCUT2D eigenvalue weighted by Gasteiger charge is -2.26. The van der Waals surface area contributed by atoms with Crippen LogP contribution in [0.4, 0.5) is 0 Å². The molecule has 0 saturated carbocycles. The molecule has 34 heavy (non-hydrogen) atoms. The first-order valence-electron chi connectivity index (χ1n) is 13.4. The van der Waals surface area contributed by atoms with Crippen LogP contribution in [0.3, 0.4) is 0 Å². The SMILES string of the molecule is CSCCCC1=CC([C@@H](CO)C(=O)NCCCCCCCCCCC(=O)N2CCCCC2)N=N1. The molecule has 0 aliphatic carbocycles. The summed E-state index contributed by atoms with van der Waals surface area (Å²) in [5.41, 5.74) is 0.930. The van der Waals surface area contributed by atoms with Crippen molar-refractivity contribution in [3.8, 4) is 0 Å². The van der Waals surface area contributed by atoms with E-state index < -0.39 is 5.92 Å². The summed E-state index contributed by atoms with van der Waals surface area (Å²) >= 11 is 1.81. The molecule has 2 amide bonds. The smallest absolute Gasteiger partial charge is 0.228 e. The highest BCUT2D eigenvalue weighted by Crippen LogP contribution is 2.23. The molecule has 0 spiro atoms. The number of aliphatic hydroxyl groups excluding tert-OH is 1. The average Bonchev–Trinajstić information content (AvgIpc) is 3.32. The summed E-state index contributed by atoms with van der Waals surface area (Å²) in [5.74, 6) is 0.751. The van der Waals surface area contributed by atoms with Crippen molar-refractivity contribution < 1.29 is 14.7 Å². The average molecular weight is 495 g/mol. The van der Waals surface area contributed by atoms with Gasteiger partial charge >= 0.3 is 0 Å². The van der Waals surface area contributed by atoms with Gasteiger partial charge in [-0.1, -0.05) is 38.5 Å². The van der Waals surface area contributed by atoms with Crippen molar-refractivity contribution in [1.29, 1.82) is 0 Å². The van der Waals surface area contributed by atoms with Gasteiger partial charge in [-0.2, -0.15) is 22.0 Å². The maximum absolute atomic E-state index is 12.5. The third kappa shape index (κ3) is 11.3. The largest absolute Gasteiger partial charge is 0.395 e. The Balaban J connectivity index is 1.44. The number of nitrogens with one attached hydrogen (secondary N) is 1. The molecule has 194 valence electrons. The summed E-state index contributed by atoms with van der Waals surface area (Å²) in [6.45, 7) is 2.35. The molecule has 8 heteroatoms. The number of likely N-dealkylation sites (tertiary alicyclic amines) is 1. The van der Waals surface area contributed by atoms with E-state index >= 15 is 0 Å². The number of nitrogens with zero attached hydrogens (tertiary/aromatic N) is 3. The predicted molar refractivity (Wildman–Crippen MR) is 140 cm³/mol. The predicted octanol–water partition coefficient (Wildman–Crippen LogP) is 5.10. The van der Waals surface area contributed by atoms with Gasteiger partial charge < -0.3 is 15.3 Å². The summed E-state index contributed by atoms with van der Waals surface area (Å²) < 4.78 is 0. The fraction of sp³-hybridized carbons (Fsp3) is 0.846. The van der Waals surface area contributed by atoms with Crippen LogP contribution in [0.15, 0.2) is 22.0 Å². The molecular weight excluding hydrogens is 448 g/mol. The van der Waals surface area contributed by atoms with E-state index in [-0.39, 0.29) is 18.6 Å². The van der Waals surface area contributed by atoms with E-state index in [9.17, 15) is 14.7 Å². The highest BCUT2D eigenvalue weighted by atomic mass is 32.2. The van der Waals surface area contributed by atoms with Gasteiger partial charge in [0, 0.05) is 26.1 Å². The number of allylic oxidation sites excluding steroid dienone is 1. The van der Waals surface area contributed by atoms with Crippen molar-refractivity contribution in [1.82, 2.24) is 10.2 Å². The first-order valence-corrected chi connectivity index (χ1v) is 14.8. The number of unbranched alkanes of at least 4 members (excludes halogenated alkanes) is 7. The van der Waals surface area contributed by atoms with Gasteiger partial charge in [-0.25, -0.2) is 0 Å². The van der Waals surface area contributed by atoms with E-state index in [4.69, 9.17) is 0 Å². The van der Waals surface area contributed by atoms with E-state index in [1.807, 2.05) is 22.7 Å². The normalized spacial score (nSPS) is 18.7. The van der Waals surface area contributed by atoms with Crippen LogP contribution in [-0.2, 0) is 9.59 Å². The highest BCUT2D eigenvalue weighted by molar-refractivity contribution is 7.98. The number of amides is 2. The van der Waals surface area contributed by atoms with E-state index in [1.54, 1.807) is 0 Å². The summed E-state index contributed by atoms with van der Waals surface area (Å²) in [7, 11) is 0. The third-order valence-electron chi connectivity index (χ3n) is 6.74. The Hall–Kier alpha value is -1.41. The van der Waals surface area contributed by atoms with Crippen LogP contribution in [0.1, 0.15) is 89.9 Å². The Morgan fingerprint density at radius 1 is 1.06 bits per heavy atom. The minimum atomic E-state index is -0.552. The van der Waals surface area contributed by atoms with Crippen molar-refractivity contribution in [2.45, 2.75) is 95.9 Å². The number of hydrogen-bond acceptors (Lipinski definition) is 6. The van der Waals surface area contributed by atoms with E-state index in [1.165, 1.54) is 44.9 Å². The number of piperidine rings is 1. The Morgan fingerprint density at radius 3 is 2.41 bits per heavy atom. The molecule has 0 radical (unpaired) electrons. The molecule has 2 aliphatic heterocycles. The monoisotopic (exact) mass is 494 g/mol. The lowest BCUT2D eigenvalue weighted by molar-refractivity contribution is -0.132. The Bertz CT molecular complexity index is 650. The van der Waals surface area contributed by atoms with Crippen LogP contribution in [0.2, 0.25) is 0 Å². The number of carbonyl (C=O) groups is 2. The number of rotatable bonds is 18. The molecular formula is C26H46N4O3S. The molecule has 2 atom stereocenters. The maximum Gasteiger partial charge on any atom is 0.228 e. The second-order valence-electron chi connectivity index (χ2n) is 9.56. The summed E-state index contributed by atoms with van der Waals surface area (Å²) in [6, 6.07) is -0.343. The van der Waals surface area contributed by atoms with E-state index in [2.05, 4.69) is 21.8 Å². The zero-order valence-electron chi connectivity index (χ0n) is 21.2. The van der Waals surface area contributed by atoms with Crippen LogP contribution < -0.4 is 5.32 Å². The fourth-order valence-electron chi connectivity index (χ4n) is 4.58. The molecule has 2 rings (SSSR count). The minimum Gasteiger partial charge on any atom is -0.395 e. The van der Waals surface area contributed by atoms with E-state index in [0.29, 0.717) is 18.9 Å². The van der Waals surface area contributed by atoms with Crippen molar-refractivity contribution in [3.63, 3.8) is 0 Å². The fourth-order valence-corrected chi connectivity index (χ4v) is 5.02. The molecule has 0 aromatic carbocycles. The Kier molecular flexibility index (Phi) is 15.2. The second-order valence-corrected chi connectivity index (χ2v) is 10.5. The minimum absolute atomic E-state index is 0.132.